The summed E-state index contributed by atoms with van der Waals surface area (Å²) in [6, 6.07) is 14.5. The molecule has 4 aromatic rings. The van der Waals surface area contributed by atoms with E-state index in [1.54, 1.807) is 25.1 Å². The van der Waals surface area contributed by atoms with Crippen molar-refractivity contribution in [1.82, 2.24) is 15.0 Å². The van der Waals surface area contributed by atoms with Crippen LogP contribution in [0, 0.1) is 6.92 Å². The van der Waals surface area contributed by atoms with Crippen LogP contribution in [0.25, 0.3) is 22.6 Å². The number of methoxy groups -OCH3 is 1. The van der Waals surface area contributed by atoms with Gasteiger partial charge in [0.25, 0.3) is 11.6 Å². The lowest BCUT2D eigenvalue weighted by molar-refractivity contribution is -0.141. The minimum absolute atomic E-state index is 0.200. The van der Waals surface area contributed by atoms with Crippen molar-refractivity contribution in [2.24, 2.45) is 0 Å². The Morgan fingerprint density at radius 1 is 1.13 bits per heavy atom. The number of esters is 1. The summed E-state index contributed by atoms with van der Waals surface area (Å²) < 4.78 is 15.5. The third kappa shape index (κ3) is 3.80. The fraction of sp³-hybridized carbons (Fsp3) is 0.182. The highest BCUT2D eigenvalue weighted by molar-refractivity contribution is 6.07. The molecule has 0 fully saturated rings. The van der Waals surface area contributed by atoms with E-state index in [9.17, 15) is 9.59 Å². The highest BCUT2D eigenvalue weighted by atomic mass is 16.5. The summed E-state index contributed by atoms with van der Waals surface area (Å²) in [4.78, 5) is 31.4. The Bertz CT molecular complexity index is 1180. The van der Waals surface area contributed by atoms with Crippen molar-refractivity contribution in [3.05, 3.63) is 71.6 Å². The predicted octanol–water partition coefficient (Wildman–Crippen LogP) is 3.61. The van der Waals surface area contributed by atoms with E-state index in [0.717, 1.165) is 5.56 Å². The smallest absolute Gasteiger partial charge is 0.325 e. The highest BCUT2D eigenvalue weighted by Gasteiger charge is 2.26. The first-order chi connectivity index (χ1) is 14.6. The lowest BCUT2D eigenvalue weighted by Gasteiger charge is -2.22. The molecule has 8 nitrogen and oxygen atoms in total. The van der Waals surface area contributed by atoms with Crippen LogP contribution in [0.4, 0.5) is 0 Å². The molecular formula is C22H19N3O5. The molecule has 3 aromatic heterocycles. The number of carbonyl (C=O) groups is 2. The van der Waals surface area contributed by atoms with Crippen LogP contribution in [0.3, 0.4) is 0 Å². The van der Waals surface area contributed by atoms with Crippen LogP contribution < -0.4 is 0 Å². The lowest BCUT2D eigenvalue weighted by atomic mass is 10.1. The number of hydrogen-bond acceptors (Lipinski definition) is 7. The van der Waals surface area contributed by atoms with Gasteiger partial charge in [-0.3, -0.25) is 9.59 Å². The summed E-state index contributed by atoms with van der Waals surface area (Å²) in [5.74, 6) is -0.392. The molecule has 0 spiro atoms. The number of aromatic nitrogens is 2. The number of aryl methyl sites for hydroxylation is 1. The summed E-state index contributed by atoms with van der Waals surface area (Å²) in [5.41, 5.74) is 2.40. The Labute approximate surface area is 172 Å². The van der Waals surface area contributed by atoms with E-state index < -0.39 is 5.97 Å². The zero-order valence-electron chi connectivity index (χ0n) is 16.5. The largest absolute Gasteiger partial charge is 0.468 e. The second kappa shape index (κ2) is 8.20. The third-order valence-corrected chi connectivity index (χ3v) is 4.67. The van der Waals surface area contributed by atoms with Crippen LogP contribution in [0.2, 0.25) is 0 Å². The number of carbonyl (C=O) groups excluding carboxylic acids is 2. The van der Waals surface area contributed by atoms with Crippen molar-refractivity contribution < 1.29 is 23.3 Å². The number of benzene rings is 1. The first-order valence-corrected chi connectivity index (χ1v) is 9.27. The SMILES string of the molecule is COC(=O)CN(Cc1ccccc1)C(=O)c1cc(-c2ccco2)nc2onc(C)c12. The van der Waals surface area contributed by atoms with Crippen molar-refractivity contribution in [3.63, 3.8) is 0 Å². The van der Waals surface area contributed by atoms with Crippen LogP contribution >= 0.6 is 0 Å². The minimum atomic E-state index is -0.516. The van der Waals surface area contributed by atoms with Gasteiger partial charge in [0, 0.05) is 6.54 Å². The lowest BCUT2D eigenvalue weighted by Crippen LogP contribution is -2.36. The molecule has 8 heteroatoms. The molecule has 0 saturated carbocycles. The number of fused-ring (bicyclic) bond motifs is 1. The summed E-state index contributed by atoms with van der Waals surface area (Å²) >= 11 is 0. The average molecular weight is 405 g/mol. The first kappa shape index (κ1) is 19.4. The van der Waals surface area contributed by atoms with Gasteiger partial charge < -0.3 is 18.6 Å². The van der Waals surface area contributed by atoms with Crippen LogP contribution in [-0.2, 0) is 16.1 Å². The molecule has 0 saturated heterocycles. The van der Waals surface area contributed by atoms with Crippen LogP contribution in [0.15, 0.2) is 63.7 Å². The van der Waals surface area contributed by atoms with Gasteiger partial charge in [-0.25, -0.2) is 4.98 Å². The van der Waals surface area contributed by atoms with Gasteiger partial charge in [0.2, 0.25) is 0 Å². The molecular weight excluding hydrogens is 386 g/mol. The van der Waals surface area contributed by atoms with E-state index in [4.69, 9.17) is 13.7 Å². The molecule has 0 N–H and O–H groups in total. The summed E-state index contributed by atoms with van der Waals surface area (Å²) in [6.45, 7) is 1.77. The van der Waals surface area contributed by atoms with Crippen LogP contribution in [0.1, 0.15) is 21.6 Å². The molecule has 1 amide bonds. The van der Waals surface area contributed by atoms with Gasteiger partial charge in [0.1, 0.15) is 12.2 Å². The number of pyridine rings is 1. The van der Waals surface area contributed by atoms with E-state index >= 15 is 0 Å². The Kier molecular flexibility index (Phi) is 5.30. The van der Waals surface area contributed by atoms with E-state index in [2.05, 4.69) is 10.1 Å². The van der Waals surface area contributed by atoms with Gasteiger partial charge in [-0.15, -0.1) is 0 Å². The van der Waals surface area contributed by atoms with Crippen molar-refractivity contribution in [2.75, 3.05) is 13.7 Å². The molecule has 3 heterocycles. The summed E-state index contributed by atoms with van der Waals surface area (Å²) in [5, 5.41) is 4.45. The van der Waals surface area contributed by atoms with Crippen LogP contribution in [0.5, 0.6) is 0 Å². The highest BCUT2D eigenvalue weighted by Crippen LogP contribution is 2.28. The molecule has 0 atom stereocenters. The fourth-order valence-corrected chi connectivity index (χ4v) is 3.21. The van der Waals surface area contributed by atoms with Gasteiger partial charge in [0.05, 0.1) is 30.0 Å². The van der Waals surface area contributed by atoms with Gasteiger partial charge in [-0.05, 0) is 30.7 Å². The molecule has 0 aliphatic rings. The average Bonchev–Trinajstić information content (AvgIpc) is 3.43. The second-order valence-corrected chi connectivity index (χ2v) is 6.70. The quantitative estimate of drug-likeness (QED) is 0.452. The summed E-state index contributed by atoms with van der Waals surface area (Å²) in [6.07, 6.45) is 1.52. The van der Waals surface area contributed by atoms with E-state index in [1.165, 1.54) is 18.3 Å². The molecule has 30 heavy (non-hydrogen) atoms. The van der Waals surface area contributed by atoms with E-state index in [-0.39, 0.29) is 24.7 Å². The zero-order chi connectivity index (χ0) is 21.1. The number of ether oxygens (including phenoxy) is 1. The maximum Gasteiger partial charge on any atom is 0.325 e. The maximum absolute atomic E-state index is 13.6. The second-order valence-electron chi connectivity index (χ2n) is 6.70. The van der Waals surface area contributed by atoms with Crippen LogP contribution in [-0.4, -0.2) is 40.6 Å². The Balaban J connectivity index is 1.79. The molecule has 4 rings (SSSR count). The number of furan rings is 1. The molecule has 0 unspecified atom stereocenters. The van der Waals surface area contributed by atoms with E-state index in [1.807, 2.05) is 30.3 Å². The normalized spacial score (nSPS) is 10.9. The molecule has 0 aliphatic carbocycles. The molecule has 0 aliphatic heterocycles. The molecule has 0 bridgehead atoms. The zero-order valence-corrected chi connectivity index (χ0v) is 16.5. The summed E-state index contributed by atoms with van der Waals surface area (Å²) in [7, 11) is 1.29. The van der Waals surface area contributed by atoms with Crippen molar-refractivity contribution in [2.45, 2.75) is 13.5 Å². The number of rotatable bonds is 6. The van der Waals surface area contributed by atoms with Crippen molar-refractivity contribution >= 4 is 23.0 Å². The Morgan fingerprint density at radius 2 is 1.93 bits per heavy atom. The maximum atomic E-state index is 13.6. The van der Waals surface area contributed by atoms with Gasteiger partial charge in [0.15, 0.2) is 5.76 Å². The van der Waals surface area contributed by atoms with Crippen molar-refractivity contribution in [1.29, 1.82) is 0 Å². The monoisotopic (exact) mass is 405 g/mol. The van der Waals surface area contributed by atoms with Gasteiger partial charge >= 0.3 is 5.97 Å². The molecule has 1 aromatic carbocycles. The first-order valence-electron chi connectivity index (χ1n) is 9.27. The van der Waals surface area contributed by atoms with Crippen molar-refractivity contribution in [3.8, 4) is 11.5 Å². The fourth-order valence-electron chi connectivity index (χ4n) is 3.21. The number of amides is 1. The van der Waals surface area contributed by atoms with Gasteiger partial charge in [-0.2, -0.15) is 0 Å². The number of hydrogen-bond donors (Lipinski definition) is 0. The van der Waals surface area contributed by atoms with Gasteiger partial charge in [-0.1, -0.05) is 35.5 Å². The minimum Gasteiger partial charge on any atom is -0.468 e. The Morgan fingerprint density at radius 3 is 2.63 bits per heavy atom. The standard InChI is InChI=1S/C22H19N3O5/c1-14-20-16(11-17(18-9-6-10-29-18)23-21(20)30-24-14)22(27)25(13-19(26)28-2)12-15-7-4-3-5-8-15/h3-11H,12-13H2,1-2H3. The number of nitrogens with zero attached hydrogens (tertiary/aromatic N) is 3. The predicted molar refractivity (Wildman–Crippen MR) is 107 cm³/mol. The van der Waals surface area contributed by atoms with E-state index in [0.29, 0.717) is 28.1 Å². The topological polar surface area (TPSA) is 98.7 Å². The molecule has 0 radical (unpaired) electrons. The molecule has 152 valence electrons. The Hall–Kier alpha value is -3.94. The third-order valence-electron chi connectivity index (χ3n) is 4.67.